The van der Waals surface area contributed by atoms with Gasteiger partial charge in [0.2, 0.25) is 11.9 Å². The Morgan fingerprint density at radius 3 is 2.91 bits per heavy atom. The van der Waals surface area contributed by atoms with Crippen LogP contribution in [-0.2, 0) is 11.2 Å². The predicted octanol–water partition coefficient (Wildman–Crippen LogP) is 3.30. The summed E-state index contributed by atoms with van der Waals surface area (Å²) in [5.41, 5.74) is 3.22. The average Bonchev–Trinajstić information content (AvgIpc) is 3.26. The van der Waals surface area contributed by atoms with Gasteiger partial charge < -0.3 is 25.3 Å². The van der Waals surface area contributed by atoms with E-state index in [0.717, 1.165) is 34.5 Å². The van der Waals surface area contributed by atoms with E-state index < -0.39 is 6.04 Å². The monoisotopic (exact) mass is 442 g/mol. The number of benzene rings is 2. The molecular weight excluding hydrogens is 416 g/mol. The second-order valence-electron chi connectivity index (χ2n) is 7.94. The maximum Gasteiger partial charge on any atom is 0.247 e. The van der Waals surface area contributed by atoms with Crippen molar-refractivity contribution >= 4 is 28.6 Å². The van der Waals surface area contributed by atoms with Crippen molar-refractivity contribution in [2.24, 2.45) is 0 Å². The van der Waals surface area contributed by atoms with Gasteiger partial charge >= 0.3 is 0 Å². The fourth-order valence-electron chi connectivity index (χ4n) is 4.27. The van der Waals surface area contributed by atoms with Gasteiger partial charge in [-0.25, -0.2) is 4.98 Å². The number of aromatic amines is 1. The lowest BCUT2D eigenvalue weighted by molar-refractivity contribution is -0.123. The largest absolute Gasteiger partial charge is 0.497 e. The first-order valence-corrected chi connectivity index (χ1v) is 11.0. The molecule has 0 aliphatic carbocycles. The van der Waals surface area contributed by atoms with E-state index in [2.05, 4.69) is 20.6 Å². The molecule has 168 valence electrons. The van der Waals surface area contributed by atoms with Crippen molar-refractivity contribution in [1.82, 2.24) is 20.3 Å². The molecular formula is C25H26N6O2. The highest BCUT2D eigenvalue weighted by Crippen LogP contribution is 2.28. The Labute approximate surface area is 192 Å². The molecule has 0 radical (unpaired) electrons. The highest BCUT2D eigenvalue weighted by molar-refractivity contribution is 5.87. The van der Waals surface area contributed by atoms with Crippen LogP contribution in [0.4, 0.5) is 11.8 Å². The fourth-order valence-corrected chi connectivity index (χ4v) is 4.27. The average molecular weight is 443 g/mol. The number of nitrogens with zero attached hydrogens (tertiary/aromatic N) is 3. The molecule has 1 aliphatic heterocycles. The summed E-state index contributed by atoms with van der Waals surface area (Å²) in [6.07, 6.45) is 4.56. The minimum Gasteiger partial charge on any atom is -0.497 e. The number of aromatic nitrogens is 3. The SMILES string of the molecule is COc1ccc2[nH]cc(CCNc3nccc(N4CCNC(=O)C4c4ccccc4)n3)c2c1. The molecule has 2 aromatic heterocycles. The quantitative estimate of drug-likeness (QED) is 0.407. The first-order chi connectivity index (χ1) is 16.2. The van der Waals surface area contributed by atoms with E-state index in [4.69, 9.17) is 9.72 Å². The topological polar surface area (TPSA) is 95.2 Å². The molecule has 4 aromatic rings. The predicted molar refractivity (Wildman–Crippen MR) is 129 cm³/mol. The lowest BCUT2D eigenvalue weighted by Crippen LogP contribution is -2.50. The molecule has 1 fully saturated rings. The molecule has 1 atom stereocenters. The van der Waals surface area contributed by atoms with Gasteiger partial charge in [-0.3, -0.25) is 4.79 Å². The number of nitrogens with one attached hydrogen (secondary N) is 3. The molecule has 8 heteroatoms. The van der Waals surface area contributed by atoms with Crippen LogP contribution in [0.25, 0.3) is 10.9 Å². The van der Waals surface area contributed by atoms with Crippen LogP contribution < -0.4 is 20.3 Å². The van der Waals surface area contributed by atoms with Gasteiger partial charge in [0.1, 0.15) is 17.6 Å². The summed E-state index contributed by atoms with van der Waals surface area (Å²) in [6.45, 7) is 1.94. The van der Waals surface area contributed by atoms with Gasteiger partial charge in [-0.15, -0.1) is 0 Å². The van der Waals surface area contributed by atoms with E-state index >= 15 is 0 Å². The third-order valence-electron chi connectivity index (χ3n) is 5.91. The highest BCUT2D eigenvalue weighted by Gasteiger charge is 2.32. The number of carbonyl (C=O) groups is 1. The van der Waals surface area contributed by atoms with Crippen molar-refractivity contribution < 1.29 is 9.53 Å². The lowest BCUT2D eigenvalue weighted by atomic mass is 10.0. The van der Waals surface area contributed by atoms with Gasteiger partial charge in [-0.1, -0.05) is 30.3 Å². The Kier molecular flexibility index (Phi) is 5.80. The summed E-state index contributed by atoms with van der Waals surface area (Å²) in [5.74, 6) is 2.09. The highest BCUT2D eigenvalue weighted by atomic mass is 16.5. The molecule has 0 spiro atoms. The normalized spacial score (nSPS) is 16.0. The smallest absolute Gasteiger partial charge is 0.247 e. The third kappa shape index (κ3) is 4.32. The summed E-state index contributed by atoms with van der Waals surface area (Å²) in [5, 5.41) is 7.44. The van der Waals surface area contributed by atoms with Gasteiger partial charge in [0.15, 0.2) is 0 Å². The minimum absolute atomic E-state index is 0.0182. The zero-order chi connectivity index (χ0) is 22.6. The van der Waals surface area contributed by atoms with Crippen molar-refractivity contribution in [2.45, 2.75) is 12.5 Å². The Morgan fingerprint density at radius 2 is 2.06 bits per heavy atom. The molecule has 3 N–H and O–H groups in total. The molecule has 3 heterocycles. The maximum absolute atomic E-state index is 12.7. The van der Waals surface area contributed by atoms with Gasteiger partial charge in [0.25, 0.3) is 0 Å². The van der Waals surface area contributed by atoms with Crippen LogP contribution in [0, 0.1) is 0 Å². The first kappa shape index (κ1) is 20.8. The van der Waals surface area contributed by atoms with Crippen molar-refractivity contribution in [3.63, 3.8) is 0 Å². The number of piperazine rings is 1. The minimum atomic E-state index is -0.413. The van der Waals surface area contributed by atoms with E-state index in [1.807, 2.05) is 65.7 Å². The van der Waals surface area contributed by atoms with E-state index in [1.54, 1.807) is 13.3 Å². The van der Waals surface area contributed by atoms with Crippen LogP contribution in [0.5, 0.6) is 5.75 Å². The molecule has 1 saturated heterocycles. The van der Waals surface area contributed by atoms with Gasteiger partial charge in [-0.2, -0.15) is 4.98 Å². The maximum atomic E-state index is 12.7. The number of carbonyl (C=O) groups excluding carboxylic acids is 1. The van der Waals surface area contributed by atoms with Crippen LogP contribution in [0.1, 0.15) is 17.2 Å². The summed E-state index contributed by atoms with van der Waals surface area (Å²) in [6, 6.07) is 17.2. The Morgan fingerprint density at radius 1 is 1.18 bits per heavy atom. The fraction of sp³-hybridized carbons (Fsp3) is 0.240. The van der Waals surface area contributed by atoms with Crippen molar-refractivity contribution in [2.75, 3.05) is 37.0 Å². The number of methoxy groups -OCH3 is 1. The first-order valence-electron chi connectivity index (χ1n) is 11.0. The molecule has 2 aromatic carbocycles. The number of rotatable bonds is 7. The number of H-pyrrole nitrogens is 1. The Hall–Kier alpha value is -4.07. The van der Waals surface area contributed by atoms with Crippen molar-refractivity contribution in [1.29, 1.82) is 0 Å². The lowest BCUT2D eigenvalue weighted by Gasteiger charge is -2.36. The zero-order valence-electron chi connectivity index (χ0n) is 18.4. The molecule has 8 nitrogen and oxygen atoms in total. The Balaban J connectivity index is 1.31. The summed E-state index contributed by atoms with van der Waals surface area (Å²) in [4.78, 5) is 27.1. The van der Waals surface area contributed by atoms with E-state index in [9.17, 15) is 4.79 Å². The number of fused-ring (bicyclic) bond motifs is 1. The van der Waals surface area contributed by atoms with Gasteiger partial charge in [-0.05, 0) is 41.8 Å². The van der Waals surface area contributed by atoms with Crippen LogP contribution in [0.15, 0.2) is 67.0 Å². The van der Waals surface area contributed by atoms with Gasteiger partial charge in [0.05, 0.1) is 7.11 Å². The van der Waals surface area contributed by atoms with E-state index in [-0.39, 0.29) is 5.91 Å². The van der Waals surface area contributed by atoms with Crippen LogP contribution >= 0.6 is 0 Å². The molecule has 0 saturated carbocycles. The second kappa shape index (κ2) is 9.20. The molecule has 1 unspecified atom stereocenters. The zero-order valence-corrected chi connectivity index (χ0v) is 18.4. The van der Waals surface area contributed by atoms with Crippen molar-refractivity contribution in [3.05, 3.63) is 78.1 Å². The van der Waals surface area contributed by atoms with E-state index in [1.165, 1.54) is 5.56 Å². The number of anilines is 2. The number of hydrogen-bond donors (Lipinski definition) is 3. The standard InChI is InChI=1S/C25H26N6O2/c1-33-19-7-8-21-20(15-19)18(16-29-21)9-11-27-25-28-12-10-22(30-25)31-14-13-26-24(32)23(31)17-5-3-2-4-6-17/h2-8,10,12,15-16,23,29H,9,11,13-14H2,1H3,(H,26,32)(H,27,28,30). The van der Waals surface area contributed by atoms with Crippen LogP contribution in [0.3, 0.4) is 0 Å². The van der Waals surface area contributed by atoms with Gasteiger partial charge in [0, 0.05) is 42.9 Å². The van der Waals surface area contributed by atoms with Crippen LogP contribution in [0.2, 0.25) is 0 Å². The molecule has 1 aliphatic rings. The van der Waals surface area contributed by atoms with Crippen LogP contribution in [-0.4, -0.2) is 47.6 Å². The second-order valence-corrected chi connectivity index (χ2v) is 7.94. The van der Waals surface area contributed by atoms with Crippen molar-refractivity contribution in [3.8, 4) is 5.75 Å². The summed E-state index contributed by atoms with van der Waals surface area (Å²) >= 11 is 0. The number of amides is 1. The molecule has 33 heavy (non-hydrogen) atoms. The molecule has 1 amide bonds. The number of ether oxygens (including phenoxy) is 1. The molecule has 0 bridgehead atoms. The summed E-state index contributed by atoms with van der Waals surface area (Å²) < 4.78 is 5.36. The number of hydrogen-bond acceptors (Lipinski definition) is 6. The summed E-state index contributed by atoms with van der Waals surface area (Å²) in [7, 11) is 1.67. The Bertz CT molecular complexity index is 1260. The van der Waals surface area contributed by atoms with E-state index in [0.29, 0.717) is 25.6 Å². The third-order valence-corrected chi connectivity index (χ3v) is 5.91. The molecule has 5 rings (SSSR count).